The fourth-order valence-corrected chi connectivity index (χ4v) is 3.29. The van der Waals surface area contributed by atoms with Gasteiger partial charge >= 0.3 is 6.03 Å². The van der Waals surface area contributed by atoms with E-state index in [0.717, 1.165) is 42.8 Å². The fourth-order valence-electron chi connectivity index (χ4n) is 3.29. The van der Waals surface area contributed by atoms with Crippen LogP contribution in [0.15, 0.2) is 42.7 Å². The van der Waals surface area contributed by atoms with Gasteiger partial charge in [0.1, 0.15) is 5.52 Å². The number of rotatable bonds is 3. The summed E-state index contributed by atoms with van der Waals surface area (Å²) in [5, 5.41) is 0. The molecular formula is C19H22N6O. The first-order valence-corrected chi connectivity index (χ1v) is 8.93. The van der Waals surface area contributed by atoms with Crippen molar-refractivity contribution >= 4 is 23.0 Å². The number of urea groups is 1. The second-order valence-corrected chi connectivity index (χ2v) is 6.54. The quantitative estimate of drug-likeness (QED) is 0.711. The molecule has 26 heavy (non-hydrogen) atoms. The minimum absolute atomic E-state index is 0.121. The number of hydrogen-bond donors (Lipinski definition) is 2. The summed E-state index contributed by atoms with van der Waals surface area (Å²) in [6.07, 6.45) is 6.91. The first kappa shape index (κ1) is 16.4. The number of carbonyl (C=O) groups excluding carboxylic acids is 1. The van der Waals surface area contributed by atoms with E-state index in [4.69, 9.17) is 0 Å². The van der Waals surface area contributed by atoms with Gasteiger partial charge in [0.05, 0.1) is 6.20 Å². The number of hydrazine groups is 1. The van der Waals surface area contributed by atoms with Gasteiger partial charge in [0.15, 0.2) is 11.5 Å². The summed E-state index contributed by atoms with van der Waals surface area (Å²) in [6.45, 7) is 3.68. The molecule has 7 nitrogen and oxygen atoms in total. The van der Waals surface area contributed by atoms with Gasteiger partial charge in [-0.3, -0.25) is 15.4 Å². The zero-order chi connectivity index (χ0) is 17.9. The molecule has 2 N–H and O–H groups in total. The van der Waals surface area contributed by atoms with E-state index in [9.17, 15) is 4.79 Å². The molecule has 0 aliphatic carbocycles. The molecule has 7 heteroatoms. The molecule has 0 saturated carbocycles. The minimum atomic E-state index is -0.121. The molecule has 3 heterocycles. The Hall–Kier alpha value is -3.09. The lowest BCUT2D eigenvalue weighted by molar-refractivity contribution is 0.188. The van der Waals surface area contributed by atoms with Crippen LogP contribution in [0.5, 0.6) is 0 Å². The van der Waals surface area contributed by atoms with E-state index >= 15 is 0 Å². The predicted octanol–water partition coefficient (Wildman–Crippen LogP) is 3.25. The van der Waals surface area contributed by atoms with Gasteiger partial charge < -0.3 is 4.90 Å². The number of fused-ring (bicyclic) bond motifs is 1. The lowest BCUT2D eigenvalue weighted by atomic mass is 10.1. The van der Waals surface area contributed by atoms with Gasteiger partial charge in [-0.05, 0) is 43.9 Å². The van der Waals surface area contributed by atoms with E-state index in [0.29, 0.717) is 5.82 Å². The van der Waals surface area contributed by atoms with Gasteiger partial charge in [0.2, 0.25) is 0 Å². The number of anilines is 1. The van der Waals surface area contributed by atoms with Gasteiger partial charge in [-0.25, -0.2) is 14.8 Å². The second-order valence-electron chi connectivity index (χ2n) is 6.54. The maximum absolute atomic E-state index is 12.2. The minimum Gasteiger partial charge on any atom is -0.323 e. The number of piperidine rings is 1. The van der Waals surface area contributed by atoms with Crippen molar-refractivity contribution in [3.63, 3.8) is 0 Å². The summed E-state index contributed by atoms with van der Waals surface area (Å²) in [4.78, 5) is 23.0. The number of aromatic nitrogens is 3. The molecular weight excluding hydrogens is 328 g/mol. The Labute approximate surface area is 152 Å². The highest BCUT2D eigenvalue weighted by Crippen LogP contribution is 2.20. The van der Waals surface area contributed by atoms with Gasteiger partial charge in [-0.2, -0.15) is 0 Å². The van der Waals surface area contributed by atoms with E-state index in [1.54, 1.807) is 6.20 Å². The molecule has 1 fully saturated rings. The van der Waals surface area contributed by atoms with Crippen LogP contribution in [0.3, 0.4) is 0 Å². The van der Waals surface area contributed by atoms with Gasteiger partial charge in [0, 0.05) is 25.0 Å². The Morgan fingerprint density at radius 1 is 1.12 bits per heavy atom. The van der Waals surface area contributed by atoms with Crippen LogP contribution in [0.25, 0.3) is 16.9 Å². The van der Waals surface area contributed by atoms with E-state index in [1.165, 1.54) is 12.0 Å². The van der Waals surface area contributed by atoms with Crippen molar-refractivity contribution in [2.24, 2.45) is 0 Å². The molecule has 0 spiro atoms. The number of likely N-dealkylation sites (tertiary alicyclic amines) is 1. The number of nitrogens with zero attached hydrogens (tertiary/aromatic N) is 4. The number of hydrogen-bond acceptors (Lipinski definition) is 4. The summed E-state index contributed by atoms with van der Waals surface area (Å²) in [6, 6.07) is 9.95. The van der Waals surface area contributed by atoms with Gasteiger partial charge in [0.25, 0.3) is 0 Å². The Kier molecular flexibility index (Phi) is 4.43. The fraction of sp³-hybridized carbons (Fsp3) is 0.316. The Morgan fingerprint density at radius 2 is 1.92 bits per heavy atom. The molecule has 0 unspecified atom stereocenters. The second kappa shape index (κ2) is 7.03. The van der Waals surface area contributed by atoms with Crippen molar-refractivity contribution in [1.82, 2.24) is 24.9 Å². The van der Waals surface area contributed by atoms with Crippen LogP contribution in [0, 0.1) is 6.92 Å². The highest BCUT2D eigenvalue weighted by molar-refractivity contribution is 5.77. The smallest absolute Gasteiger partial charge is 0.323 e. The maximum Gasteiger partial charge on any atom is 0.336 e. The van der Waals surface area contributed by atoms with Gasteiger partial charge in [-0.15, -0.1) is 0 Å². The van der Waals surface area contributed by atoms with E-state index < -0.39 is 0 Å². The molecule has 3 aromatic rings. The third-order valence-electron chi connectivity index (χ3n) is 4.70. The highest BCUT2D eigenvalue weighted by atomic mass is 16.2. The molecule has 1 aliphatic rings. The first-order chi connectivity index (χ1) is 12.7. The summed E-state index contributed by atoms with van der Waals surface area (Å²) in [5.41, 5.74) is 9.38. The van der Waals surface area contributed by atoms with Crippen LogP contribution in [-0.2, 0) is 0 Å². The molecule has 1 aliphatic heterocycles. The molecule has 0 bridgehead atoms. The molecule has 2 aromatic heterocycles. The summed E-state index contributed by atoms with van der Waals surface area (Å²) in [7, 11) is 0. The van der Waals surface area contributed by atoms with Crippen molar-refractivity contribution < 1.29 is 4.79 Å². The Bertz CT molecular complexity index is 929. The largest absolute Gasteiger partial charge is 0.336 e. The van der Waals surface area contributed by atoms with Crippen molar-refractivity contribution in [2.45, 2.75) is 26.2 Å². The Balaban J connectivity index is 1.50. The topological polar surface area (TPSA) is 75.1 Å². The summed E-state index contributed by atoms with van der Waals surface area (Å²) >= 11 is 0. The molecule has 1 aromatic carbocycles. The number of aryl methyl sites for hydroxylation is 1. The Morgan fingerprint density at radius 3 is 2.73 bits per heavy atom. The number of nitrogens with one attached hydrogen (secondary N) is 2. The van der Waals surface area contributed by atoms with Crippen LogP contribution in [0.2, 0.25) is 0 Å². The summed E-state index contributed by atoms with van der Waals surface area (Å²) in [5.74, 6) is 0.519. The van der Waals surface area contributed by atoms with Crippen LogP contribution < -0.4 is 10.9 Å². The normalized spacial score (nSPS) is 14.4. The zero-order valence-electron chi connectivity index (χ0n) is 14.8. The molecule has 0 radical (unpaired) electrons. The summed E-state index contributed by atoms with van der Waals surface area (Å²) < 4.78 is 2.02. The SMILES string of the molecule is Cc1ccccc1-n1ccc2nc(NNC(=O)N3CCCCC3)cnc21. The number of para-hydroxylation sites is 1. The van der Waals surface area contributed by atoms with E-state index in [1.807, 2.05) is 33.9 Å². The number of benzene rings is 1. The standard InChI is InChI=1S/C19H22N6O/c1-14-7-3-4-8-16(14)25-12-9-15-18(25)20-13-17(21-15)22-23-19(26)24-10-5-2-6-11-24/h3-4,7-9,12-13H,2,5-6,10-11H2,1H3,(H,21,22)(H,23,26). The zero-order valence-corrected chi connectivity index (χ0v) is 14.8. The predicted molar refractivity (Wildman–Crippen MR) is 101 cm³/mol. The molecule has 1 saturated heterocycles. The van der Waals surface area contributed by atoms with Crippen LogP contribution in [0.4, 0.5) is 10.6 Å². The third kappa shape index (κ3) is 3.20. The molecule has 134 valence electrons. The number of amides is 2. The van der Waals surface area contributed by atoms with Crippen LogP contribution >= 0.6 is 0 Å². The molecule has 4 rings (SSSR count). The third-order valence-corrected chi connectivity index (χ3v) is 4.70. The van der Waals surface area contributed by atoms with Crippen molar-refractivity contribution in [2.75, 3.05) is 18.5 Å². The average molecular weight is 350 g/mol. The van der Waals surface area contributed by atoms with Crippen molar-refractivity contribution in [3.05, 3.63) is 48.3 Å². The highest BCUT2D eigenvalue weighted by Gasteiger charge is 2.16. The van der Waals surface area contributed by atoms with E-state index in [2.05, 4.69) is 39.9 Å². The average Bonchev–Trinajstić information content (AvgIpc) is 3.10. The lowest BCUT2D eigenvalue weighted by Gasteiger charge is -2.26. The van der Waals surface area contributed by atoms with Crippen LogP contribution in [0.1, 0.15) is 24.8 Å². The van der Waals surface area contributed by atoms with Crippen LogP contribution in [-0.4, -0.2) is 38.6 Å². The lowest BCUT2D eigenvalue weighted by Crippen LogP contribution is -2.45. The maximum atomic E-state index is 12.2. The monoisotopic (exact) mass is 350 g/mol. The number of carbonyl (C=O) groups is 1. The molecule has 0 atom stereocenters. The van der Waals surface area contributed by atoms with Crippen molar-refractivity contribution in [3.8, 4) is 5.69 Å². The van der Waals surface area contributed by atoms with Crippen molar-refractivity contribution in [1.29, 1.82) is 0 Å². The van der Waals surface area contributed by atoms with Gasteiger partial charge in [-0.1, -0.05) is 18.2 Å². The first-order valence-electron chi connectivity index (χ1n) is 8.93. The van der Waals surface area contributed by atoms with E-state index in [-0.39, 0.29) is 6.03 Å². The molecule has 2 amide bonds.